The van der Waals surface area contributed by atoms with Crippen molar-refractivity contribution in [1.29, 1.82) is 0 Å². The summed E-state index contributed by atoms with van der Waals surface area (Å²) in [6.07, 6.45) is -3.70. The third-order valence-corrected chi connectivity index (χ3v) is 2.36. The van der Waals surface area contributed by atoms with Crippen LogP contribution in [0.25, 0.3) is 0 Å². The monoisotopic (exact) mass is 262 g/mol. The highest BCUT2D eigenvalue weighted by Gasteiger charge is 2.33. The van der Waals surface area contributed by atoms with Crippen LogP contribution in [0.1, 0.15) is 32.9 Å². The molecule has 0 aliphatic rings. The quantitative estimate of drug-likeness (QED) is 0.856. The molecule has 18 heavy (non-hydrogen) atoms. The summed E-state index contributed by atoms with van der Waals surface area (Å²) in [5, 5.41) is 5.60. The van der Waals surface area contributed by atoms with Gasteiger partial charge in [-0.1, -0.05) is 6.92 Å². The average Bonchev–Trinajstić information content (AvgIpc) is 2.27. The predicted octanol–water partition coefficient (Wildman–Crippen LogP) is 3.14. The molecule has 0 amide bonds. The molecule has 7 heteroatoms. The van der Waals surface area contributed by atoms with E-state index in [1.807, 2.05) is 13.8 Å². The van der Waals surface area contributed by atoms with Crippen LogP contribution in [-0.4, -0.2) is 22.6 Å². The fourth-order valence-corrected chi connectivity index (χ4v) is 1.25. The van der Waals surface area contributed by atoms with Crippen LogP contribution in [0.2, 0.25) is 0 Å². The highest BCUT2D eigenvalue weighted by atomic mass is 19.4. The maximum Gasteiger partial charge on any atom is 0.433 e. The molecule has 2 N–H and O–H groups in total. The molecule has 0 saturated heterocycles. The second-order valence-corrected chi connectivity index (χ2v) is 3.94. The first-order chi connectivity index (χ1) is 8.36. The first-order valence-corrected chi connectivity index (χ1v) is 5.83. The molecule has 0 saturated carbocycles. The van der Waals surface area contributed by atoms with Gasteiger partial charge in [0.15, 0.2) is 5.69 Å². The van der Waals surface area contributed by atoms with Gasteiger partial charge in [0.05, 0.1) is 0 Å². The largest absolute Gasteiger partial charge is 0.433 e. The van der Waals surface area contributed by atoms with Crippen molar-refractivity contribution in [2.45, 2.75) is 39.4 Å². The molecule has 0 aliphatic carbocycles. The van der Waals surface area contributed by atoms with Gasteiger partial charge in [-0.3, -0.25) is 0 Å². The van der Waals surface area contributed by atoms with E-state index in [0.717, 1.165) is 12.5 Å². The fourth-order valence-electron chi connectivity index (χ4n) is 1.25. The molecule has 4 nitrogen and oxygen atoms in total. The maximum atomic E-state index is 12.7. The zero-order valence-electron chi connectivity index (χ0n) is 10.6. The summed E-state index contributed by atoms with van der Waals surface area (Å²) in [5.74, 6) is 0.167. The van der Waals surface area contributed by atoms with E-state index >= 15 is 0 Å². The first-order valence-electron chi connectivity index (χ1n) is 5.83. The number of rotatable bonds is 5. The minimum atomic E-state index is -4.47. The molecular formula is C11H17F3N4. The van der Waals surface area contributed by atoms with Crippen molar-refractivity contribution in [3.63, 3.8) is 0 Å². The van der Waals surface area contributed by atoms with Gasteiger partial charge in [0.1, 0.15) is 5.82 Å². The molecule has 1 aromatic heterocycles. The number of anilines is 2. The maximum absolute atomic E-state index is 12.7. The molecule has 0 unspecified atom stereocenters. The summed E-state index contributed by atoms with van der Waals surface area (Å²) < 4.78 is 38.0. The van der Waals surface area contributed by atoms with Crippen LogP contribution < -0.4 is 10.6 Å². The topological polar surface area (TPSA) is 49.8 Å². The van der Waals surface area contributed by atoms with Crippen LogP contribution in [-0.2, 0) is 6.18 Å². The molecule has 1 heterocycles. The lowest BCUT2D eigenvalue weighted by Gasteiger charge is -2.15. The zero-order valence-corrected chi connectivity index (χ0v) is 10.6. The van der Waals surface area contributed by atoms with E-state index in [9.17, 15) is 13.2 Å². The Morgan fingerprint density at radius 2 is 1.94 bits per heavy atom. The van der Waals surface area contributed by atoms with Gasteiger partial charge < -0.3 is 10.6 Å². The molecule has 0 aliphatic heterocycles. The Bertz CT molecular complexity index is 392. The standard InChI is InChI=1S/C11H17F3N4/c1-4-7(3)16-10-17-8(11(12,13)14)6-9(18-10)15-5-2/h6-7H,4-5H2,1-3H3,(H2,15,16,17,18)/t7-/m1/s1. The fraction of sp³-hybridized carbons (Fsp3) is 0.636. The van der Waals surface area contributed by atoms with E-state index in [4.69, 9.17) is 0 Å². The van der Waals surface area contributed by atoms with Crippen molar-refractivity contribution in [3.8, 4) is 0 Å². The first kappa shape index (κ1) is 14.5. The summed E-state index contributed by atoms with van der Waals surface area (Å²) in [6, 6.07) is 0.925. The molecule has 0 fully saturated rings. The highest BCUT2D eigenvalue weighted by molar-refractivity contribution is 5.43. The van der Waals surface area contributed by atoms with Gasteiger partial charge >= 0.3 is 6.18 Å². The van der Waals surface area contributed by atoms with Crippen LogP contribution in [0, 0.1) is 0 Å². The van der Waals surface area contributed by atoms with Crippen LogP contribution in [0.5, 0.6) is 0 Å². The van der Waals surface area contributed by atoms with Crippen molar-refractivity contribution in [2.24, 2.45) is 0 Å². The van der Waals surface area contributed by atoms with Gasteiger partial charge in [-0.05, 0) is 20.3 Å². The van der Waals surface area contributed by atoms with Gasteiger partial charge in [-0.2, -0.15) is 18.2 Å². The lowest BCUT2D eigenvalue weighted by atomic mass is 10.3. The van der Waals surface area contributed by atoms with Crippen molar-refractivity contribution in [2.75, 3.05) is 17.2 Å². The molecule has 1 atom stereocenters. The molecule has 1 rings (SSSR count). The molecule has 0 aromatic carbocycles. The Labute approximate surface area is 104 Å². The van der Waals surface area contributed by atoms with E-state index in [1.165, 1.54) is 0 Å². The molecule has 0 bridgehead atoms. The van der Waals surface area contributed by atoms with Crippen LogP contribution in [0.3, 0.4) is 0 Å². The third kappa shape index (κ3) is 4.05. The number of nitrogens with zero attached hydrogens (tertiary/aromatic N) is 2. The van der Waals surface area contributed by atoms with E-state index in [0.29, 0.717) is 6.54 Å². The minimum absolute atomic E-state index is 0.00451. The number of hydrogen-bond donors (Lipinski definition) is 2. The van der Waals surface area contributed by atoms with Gasteiger partial charge in [0.25, 0.3) is 0 Å². The van der Waals surface area contributed by atoms with Gasteiger partial charge in [-0.25, -0.2) is 4.98 Å². The molecule has 0 spiro atoms. The Hall–Kier alpha value is -1.53. The summed E-state index contributed by atoms with van der Waals surface area (Å²) in [5.41, 5.74) is -0.945. The minimum Gasteiger partial charge on any atom is -0.370 e. The Morgan fingerprint density at radius 3 is 2.44 bits per heavy atom. The number of alkyl halides is 3. The van der Waals surface area contributed by atoms with E-state index in [2.05, 4.69) is 20.6 Å². The molecule has 1 aromatic rings. The Balaban J connectivity index is 3.06. The second kappa shape index (κ2) is 5.88. The van der Waals surface area contributed by atoms with Gasteiger partial charge in [0.2, 0.25) is 5.95 Å². The van der Waals surface area contributed by atoms with Crippen molar-refractivity contribution >= 4 is 11.8 Å². The van der Waals surface area contributed by atoms with Gasteiger partial charge in [-0.15, -0.1) is 0 Å². The van der Waals surface area contributed by atoms with Crippen LogP contribution >= 0.6 is 0 Å². The smallest absolute Gasteiger partial charge is 0.370 e. The van der Waals surface area contributed by atoms with E-state index in [-0.39, 0.29) is 17.8 Å². The summed E-state index contributed by atoms with van der Waals surface area (Å²) in [6.45, 7) is 6.07. The molecule has 102 valence electrons. The third-order valence-electron chi connectivity index (χ3n) is 2.36. The van der Waals surface area contributed by atoms with Crippen molar-refractivity contribution in [1.82, 2.24) is 9.97 Å². The lowest BCUT2D eigenvalue weighted by molar-refractivity contribution is -0.141. The van der Waals surface area contributed by atoms with Gasteiger partial charge in [0, 0.05) is 18.7 Å². The number of aromatic nitrogens is 2. The molecular weight excluding hydrogens is 245 g/mol. The highest BCUT2D eigenvalue weighted by Crippen LogP contribution is 2.29. The average molecular weight is 262 g/mol. The summed E-state index contributed by atoms with van der Waals surface area (Å²) >= 11 is 0. The second-order valence-electron chi connectivity index (χ2n) is 3.94. The summed E-state index contributed by atoms with van der Waals surface area (Å²) in [4.78, 5) is 7.48. The Kier molecular flexibility index (Phi) is 4.75. The van der Waals surface area contributed by atoms with Crippen LogP contribution in [0.4, 0.5) is 24.9 Å². The number of hydrogen-bond acceptors (Lipinski definition) is 4. The summed E-state index contributed by atoms with van der Waals surface area (Å²) in [7, 11) is 0. The lowest BCUT2D eigenvalue weighted by Crippen LogP contribution is -2.19. The number of halogens is 3. The molecule has 0 radical (unpaired) electrons. The number of nitrogens with one attached hydrogen (secondary N) is 2. The van der Waals surface area contributed by atoms with E-state index < -0.39 is 11.9 Å². The van der Waals surface area contributed by atoms with E-state index in [1.54, 1.807) is 6.92 Å². The van der Waals surface area contributed by atoms with Crippen molar-refractivity contribution in [3.05, 3.63) is 11.8 Å². The Morgan fingerprint density at radius 1 is 1.28 bits per heavy atom. The van der Waals surface area contributed by atoms with Crippen LogP contribution in [0.15, 0.2) is 6.07 Å². The van der Waals surface area contributed by atoms with Crippen molar-refractivity contribution < 1.29 is 13.2 Å². The normalized spacial score (nSPS) is 13.2. The SMILES string of the molecule is CCNc1cc(C(F)(F)F)nc(N[C@H](C)CC)n1. The zero-order chi connectivity index (χ0) is 13.8. The predicted molar refractivity (Wildman–Crippen MR) is 64.6 cm³/mol.